The van der Waals surface area contributed by atoms with Crippen LogP contribution < -0.4 is 5.32 Å². The van der Waals surface area contributed by atoms with Crippen molar-refractivity contribution in [2.75, 3.05) is 6.61 Å². The highest BCUT2D eigenvalue weighted by molar-refractivity contribution is 4.86. The van der Waals surface area contributed by atoms with Crippen molar-refractivity contribution < 1.29 is 5.11 Å². The lowest BCUT2D eigenvalue weighted by Gasteiger charge is -2.11. The van der Waals surface area contributed by atoms with Crippen molar-refractivity contribution in [3.05, 3.63) is 18.2 Å². The quantitative estimate of drug-likeness (QED) is 0.607. The number of imidazole rings is 1. The molecule has 0 radical (unpaired) electrons. The van der Waals surface area contributed by atoms with Crippen LogP contribution in [0.25, 0.3) is 0 Å². The van der Waals surface area contributed by atoms with Gasteiger partial charge in [0.1, 0.15) is 5.82 Å². The molecule has 0 saturated heterocycles. The molecule has 0 aliphatic heterocycles. The second-order valence-electron chi connectivity index (χ2n) is 3.18. The highest BCUT2D eigenvalue weighted by Gasteiger charge is 2.01. The lowest BCUT2D eigenvalue weighted by atomic mass is 10.2. The number of nitrogens with one attached hydrogen (secondary N) is 2. The van der Waals surface area contributed by atoms with E-state index in [1.807, 2.05) is 6.20 Å². The van der Waals surface area contributed by atoms with Gasteiger partial charge in [-0.05, 0) is 19.8 Å². The van der Waals surface area contributed by atoms with Gasteiger partial charge in [0.05, 0.1) is 6.54 Å². The first-order valence-corrected chi connectivity index (χ1v) is 4.65. The molecule has 0 aliphatic rings. The molecule has 0 spiro atoms. The Balaban J connectivity index is 2.11. The minimum absolute atomic E-state index is 0.271. The number of aliphatic hydroxyl groups is 1. The third-order valence-electron chi connectivity index (χ3n) is 1.97. The van der Waals surface area contributed by atoms with Crippen molar-refractivity contribution in [3.8, 4) is 0 Å². The second kappa shape index (κ2) is 5.72. The molecule has 0 fully saturated rings. The van der Waals surface area contributed by atoms with Gasteiger partial charge in [0.15, 0.2) is 0 Å². The summed E-state index contributed by atoms with van der Waals surface area (Å²) in [6.07, 6.45) is 5.41. The lowest BCUT2D eigenvalue weighted by Crippen LogP contribution is -2.26. The predicted molar refractivity (Wildman–Crippen MR) is 51.2 cm³/mol. The van der Waals surface area contributed by atoms with E-state index in [0.29, 0.717) is 6.04 Å². The number of aromatic nitrogens is 2. The monoisotopic (exact) mass is 183 g/mol. The van der Waals surface area contributed by atoms with Gasteiger partial charge in [-0.15, -0.1) is 0 Å². The van der Waals surface area contributed by atoms with Gasteiger partial charge in [-0.25, -0.2) is 4.98 Å². The average Bonchev–Trinajstić information content (AvgIpc) is 2.64. The first kappa shape index (κ1) is 10.2. The molecule has 1 aromatic rings. The highest BCUT2D eigenvalue weighted by Crippen LogP contribution is 1.96. The van der Waals surface area contributed by atoms with Crippen LogP contribution in [0.1, 0.15) is 25.6 Å². The van der Waals surface area contributed by atoms with Gasteiger partial charge in [0, 0.05) is 25.0 Å². The number of hydrogen-bond acceptors (Lipinski definition) is 3. The van der Waals surface area contributed by atoms with Gasteiger partial charge in [0.25, 0.3) is 0 Å². The molecule has 1 aromatic heterocycles. The van der Waals surface area contributed by atoms with E-state index < -0.39 is 0 Å². The Bertz CT molecular complexity index is 211. The SMILES string of the molecule is CC(CCCO)NCc1ncc[nH]1. The fraction of sp³-hybridized carbons (Fsp3) is 0.667. The Morgan fingerprint density at radius 1 is 1.69 bits per heavy atom. The van der Waals surface area contributed by atoms with Crippen molar-refractivity contribution in [3.63, 3.8) is 0 Å². The Kier molecular flexibility index (Phi) is 4.49. The summed E-state index contributed by atoms with van der Waals surface area (Å²) >= 11 is 0. The molecule has 1 unspecified atom stereocenters. The molecule has 0 aromatic carbocycles. The normalized spacial score (nSPS) is 13.1. The third-order valence-corrected chi connectivity index (χ3v) is 1.97. The Labute approximate surface area is 78.4 Å². The molecular weight excluding hydrogens is 166 g/mol. The van der Waals surface area contributed by atoms with Crippen LogP contribution in [-0.4, -0.2) is 27.7 Å². The molecular formula is C9H17N3O. The van der Waals surface area contributed by atoms with Crippen LogP contribution in [0.15, 0.2) is 12.4 Å². The minimum atomic E-state index is 0.271. The molecule has 4 nitrogen and oxygen atoms in total. The molecule has 13 heavy (non-hydrogen) atoms. The zero-order valence-electron chi connectivity index (χ0n) is 7.95. The maximum Gasteiger partial charge on any atom is 0.120 e. The summed E-state index contributed by atoms with van der Waals surface area (Å²) < 4.78 is 0. The molecule has 1 rings (SSSR count). The van der Waals surface area contributed by atoms with Gasteiger partial charge in [-0.3, -0.25) is 0 Å². The van der Waals surface area contributed by atoms with Crippen molar-refractivity contribution in [1.82, 2.24) is 15.3 Å². The zero-order valence-corrected chi connectivity index (χ0v) is 7.95. The summed E-state index contributed by atoms with van der Waals surface area (Å²) in [5.74, 6) is 0.954. The van der Waals surface area contributed by atoms with Crippen molar-refractivity contribution in [2.24, 2.45) is 0 Å². The summed E-state index contributed by atoms with van der Waals surface area (Å²) in [7, 11) is 0. The van der Waals surface area contributed by atoms with Gasteiger partial charge in [0.2, 0.25) is 0 Å². The Morgan fingerprint density at radius 2 is 2.54 bits per heavy atom. The standard InChI is InChI=1S/C9H17N3O/c1-8(3-2-6-13)12-7-9-10-4-5-11-9/h4-5,8,12-13H,2-3,6-7H2,1H3,(H,10,11). The smallest absolute Gasteiger partial charge is 0.120 e. The molecule has 0 saturated carbocycles. The molecule has 1 heterocycles. The van der Waals surface area contributed by atoms with Crippen LogP contribution in [0.2, 0.25) is 0 Å². The summed E-state index contributed by atoms with van der Waals surface area (Å²) in [6.45, 7) is 3.14. The maximum absolute atomic E-state index is 8.62. The number of aliphatic hydroxyl groups excluding tert-OH is 1. The van der Waals surface area contributed by atoms with Crippen LogP contribution in [0.4, 0.5) is 0 Å². The van der Waals surface area contributed by atoms with E-state index in [-0.39, 0.29) is 6.61 Å². The second-order valence-corrected chi connectivity index (χ2v) is 3.18. The third kappa shape index (κ3) is 4.05. The molecule has 0 bridgehead atoms. The summed E-state index contributed by atoms with van der Waals surface area (Å²) in [5, 5.41) is 11.9. The van der Waals surface area contributed by atoms with E-state index in [1.165, 1.54) is 0 Å². The van der Waals surface area contributed by atoms with Gasteiger partial charge in [-0.2, -0.15) is 0 Å². The topological polar surface area (TPSA) is 60.9 Å². The average molecular weight is 183 g/mol. The molecule has 1 atom stereocenters. The number of hydrogen-bond donors (Lipinski definition) is 3. The van der Waals surface area contributed by atoms with Crippen LogP contribution in [0.3, 0.4) is 0 Å². The highest BCUT2D eigenvalue weighted by atomic mass is 16.2. The first-order chi connectivity index (χ1) is 6.33. The van der Waals surface area contributed by atoms with E-state index >= 15 is 0 Å². The molecule has 0 amide bonds. The van der Waals surface area contributed by atoms with Gasteiger partial charge in [-0.1, -0.05) is 0 Å². The van der Waals surface area contributed by atoms with E-state index in [1.54, 1.807) is 6.20 Å². The van der Waals surface area contributed by atoms with Crippen molar-refractivity contribution in [2.45, 2.75) is 32.4 Å². The van der Waals surface area contributed by atoms with Gasteiger partial charge < -0.3 is 15.4 Å². The van der Waals surface area contributed by atoms with Crippen molar-refractivity contribution in [1.29, 1.82) is 0 Å². The largest absolute Gasteiger partial charge is 0.396 e. The summed E-state index contributed by atoms with van der Waals surface area (Å²) in [4.78, 5) is 7.13. The number of H-pyrrole nitrogens is 1. The minimum Gasteiger partial charge on any atom is -0.396 e. The Morgan fingerprint density at radius 3 is 3.15 bits per heavy atom. The molecule has 0 aliphatic carbocycles. The number of nitrogens with zero attached hydrogens (tertiary/aromatic N) is 1. The fourth-order valence-corrected chi connectivity index (χ4v) is 1.17. The molecule has 3 N–H and O–H groups in total. The van der Waals surface area contributed by atoms with Crippen LogP contribution >= 0.6 is 0 Å². The van der Waals surface area contributed by atoms with E-state index in [9.17, 15) is 0 Å². The molecule has 4 heteroatoms. The summed E-state index contributed by atoms with van der Waals surface area (Å²) in [6, 6.07) is 0.428. The number of rotatable bonds is 6. The Hall–Kier alpha value is -0.870. The van der Waals surface area contributed by atoms with Gasteiger partial charge >= 0.3 is 0 Å². The fourth-order valence-electron chi connectivity index (χ4n) is 1.17. The zero-order chi connectivity index (χ0) is 9.52. The van der Waals surface area contributed by atoms with Crippen LogP contribution in [-0.2, 0) is 6.54 Å². The lowest BCUT2D eigenvalue weighted by molar-refractivity contribution is 0.276. The van der Waals surface area contributed by atoms with Crippen LogP contribution in [0.5, 0.6) is 0 Å². The van der Waals surface area contributed by atoms with E-state index in [0.717, 1.165) is 25.2 Å². The van der Waals surface area contributed by atoms with Crippen LogP contribution in [0, 0.1) is 0 Å². The van der Waals surface area contributed by atoms with Crippen molar-refractivity contribution >= 4 is 0 Å². The predicted octanol–water partition coefficient (Wildman–Crippen LogP) is 0.660. The number of aromatic amines is 1. The molecule has 74 valence electrons. The van der Waals surface area contributed by atoms with E-state index in [4.69, 9.17) is 5.11 Å². The summed E-state index contributed by atoms with van der Waals surface area (Å²) in [5.41, 5.74) is 0. The first-order valence-electron chi connectivity index (χ1n) is 4.65. The maximum atomic E-state index is 8.62. The van der Waals surface area contributed by atoms with E-state index in [2.05, 4.69) is 22.2 Å².